The SMILES string of the molecule is CCCc1nc2cc(N)ccc2n1-c1ccc(Br)c(F)c1. The van der Waals surface area contributed by atoms with Gasteiger partial charge in [0.05, 0.1) is 21.2 Å². The molecular formula is C16H15BrFN3. The van der Waals surface area contributed by atoms with Gasteiger partial charge in [0, 0.05) is 12.1 Å². The van der Waals surface area contributed by atoms with E-state index in [2.05, 4.69) is 27.8 Å². The molecule has 0 radical (unpaired) electrons. The van der Waals surface area contributed by atoms with Crippen molar-refractivity contribution in [1.29, 1.82) is 0 Å². The van der Waals surface area contributed by atoms with Crippen LogP contribution in [0.25, 0.3) is 16.7 Å². The predicted octanol–water partition coefficient (Wildman–Crippen LogP) is 4.46. The lowest BCUT2D eigenvalue weighted by Gasteiger charge is -2.09. The molecule has 3 rings (SSSR count). The van der Waals surface area contributed by atoms with Gasteiger partial charge in [-0.2, -0.15) is 0 Å². The summed E-state index contributed by atoms with van der Waals surface area (Å²) in [5.74, 6) is 0.632. The summed E-state index contributed by atoms with van der Waals surface area (Å²) >= 11 is 3.18. The number of aryl methyl sites for hydroxylation is 1. The zero-order valence-electron chi connectivity index (χ0n) is 11.6. The lowest BCUT2D eigenvalue weighted by atomic mass is 10.2. The van der Waals surface area contributed by atoms with Crippen LogP contribution >= 0.6 is 15.9 Å². The van der Waals surface area contributed by atoms with Crippen molar-refractivity contribution >= 4 is 32.7 Å². The van der Waals surface area contributed by atoms with Crippen LogP contribution in [-0.4, -0.2) is 9.55 Å². The summed E-state index contributed by atoms with van der Waals surface area (Å²) in [5, 5.41) is 0. The first-order chi connectivity index (χ1) is 10.1. The van der Waals surface area contributed by atoms with Crippen molar-refractivity contribution < 1.29 is 4.39 Å². The minimum atomic E-state index is -0.285. The number of halogens is 2. The smallest absolute Gasteiger partial charge is 0.139 e. The fraction of sp³-hybridized carbons (Fsp3) is 0.188. The van der Waals surface area contributed by atoms with Crippen LogP contribution in [0.15, 0.2) is 40.9 Å². The summed E-state index contributed by atoms with van der Waals surface area (Å²) in [7, 11) is 0. The highest BCUT2D eigenvalue weighted by atomic mass is 79.9. The standard InChI is InChI=1S/C16H15BrFN3/c1-2-3-16-20-14-8-10(19)4-7-15(14)21(16)11-5-6-12(17)13(18)9-11/h4-9H,2-3,19H2,1H3. The predicted molar refractivity (Wildman–Crippen MR) is 87.1 cm³/mol. The molecule has 0 atom stereocenters. The van der Waals surface area contributed by atoms with Crippen molar-refractivity contribution in [2.75, 3.05) is 5.73 Å². The molecule has 0 aliphatic rings. The van der Waals surface area contributed by atoms with Gasteiger partial charge in [-0.3, -0.25) is 4.57 Å². The Labute approximate surface area is 130 Å². The first kappa shape index (κ1) is 14.1. The number of anilines is 1. The van der Waals surface area contributed by atoms with E-state index in [0.717, 1.165) is 35.4 Å². The van der Waals surface area contributed by atoms with Gasteiger partial charge >= 0.3 is 0 Å². The van der Waals surface area contributed by atoms with Crippen molar-refractivity contribution in [1.82, 2.24) is 9.55 Å². The lowest BCUT2D eigenvalue weighted by Crippen LogP contribution is -2.01. The van der Waals surface area contributed by atoms with E-state index in [1.165, 1.54) is 6.07 Å². The molecule has 0 aliphatic heterocycles. The van der Waals surface area contributed by atoms with E-state index in [1.807, 2.05) is 28.8 Å². The van der Waals surface area contributed by atoms with Crippen molar-refractivity contribution in [3.05, 3.63) is 52.5 Å². The highest BCUT2D eigenvalue weighted by Gasteiger charge is 2.13. The number of imidazole rings is 1. The number of nitrogens with two attached hydrogens (primary N) is 1. The van der Waals surface area contributed by atoms with Gasteiger partial charge in [-0.25, -0.2) is 9.37 Å². The molecule has 2 aromatic carbocycles. The second kappa shape index (κ2) is 5.48. The Kier molecular flexibility index (Phi) is 3.68. The van der Waals surface area contributed by atoms with Crippen LogP contribution in [0, 0.1) is 5.82 Å². The maximum absolute atomic E-state index is 13.9. The average Bonchev–Trinajstić information content (AvgIpc) is 2.79. The first-order valence-corrected chi connectivity index (χ1v) is 7.61. The Morgan fingerprint density at radius 3 is 2.76 bits per heavy atom. The fourth-order valence-corrected chi connectivity index (χ4v) is 2.70. The van der Waals surface area contributed by atoms with Gasteiger partial charge in [-0.15, -0.1) is 0 Å². The molecule has 1 heterocycles. The average molecular weight is 348 g/mol. The molecule has 108 valence electrons. The molecule has 0 fully saturated rings. The second-order valence-corrected chi connectivity index (χ2v) is 5.81. The molecule has 1 aromatic heterocycles. The number of fused-ring (bicyclic) bond motifs is 1. The molecule has 0 saturated heterocycles. The third-order valence-electron chi connectivity index (χ3n) is 3.38. The maximum Gasteiger partial charge on any atom is 0.139 e. The van der Waals surface area contributed by atoms with Crippen LogP contribution in [0.1, 0.15) is 19.2 Å². The van der Waals surface area contributed by atoms with Gasteiger partial charge in [0.25, 0.3) is 0 Å². The molecule has 0 amide bonds. The van der Waals surface area contributed by atoms with Crippen LogP contribution in [0.3, 0.4) is 0 Å². The van der Waals surface area contributed by atoms with Gasteiger partial charge in [-0.1, -0.05) is 6.92 Å². The highest BCUT2D eigenvalue weighted by Crippen LogP contribution is 2.26. The summed E-state index contributed by atoms with van der Waals surface area (Å²) in [6, 6.07) is 10.7. The zero-order valence-corrected chi connectivity index (χ0v) is 13.2. The van der Waals surface area contributed by atoms with Crippen molar-refractivity contribution in [2.24, 2.45) is 0 Å². The molecule has 3 nitrogen and oxygen atoms in total. The van der Waals surface area contributed by atoms with Crippen LogP contribution in [-0.2, 0) is 6.42 Å². The van der Waals surface area contributed by atoms with Crippen molar-refractivity contribution in [3.8, 4) is 5.69 Å². The zero-order chi connectivity index (χ0) is 15.0. The summed E-state index contributed by atoms with van der Waals surface area (Å²) in [6.07, 6.45) is 1.80. The highest BCUT2D eigenvalue weighted by molar-refractivity contribution is 9.10. The summed E-state index contributed by atoms with van der Waals surface area (Å²) in [6.45, 7) is 2.10. The van der Waals surface area contributed by atoms with E-state index >= 15 is 0 Å². The van der Waals surface area contributed by atoms with E-state index in [9.17, 15) is 4.39 Å². The molecule has 2 N–H and O–H groups in total. The number of nitrogens with zero attached hydrogens (tertiary/aromatic N) is 2. The molecule has 3 aromatic rings. The molecule has 0 bridgehead atoms. The maximum atomic E-state index is 13.9. The van der Waals surface area contributed by atoms with Crippen molar-refractivity contribution in [3.63, 3.8) is 0 Å². The Morgan fingerprint density at radius 1 is 1.24 bits per heavy atom. The quantitative estimate of drug-likeness (QED) is 0.710. The Morgan fingerprint density at radius 2 is 2.05 bits per heavy atom. The Balaban J connectivity index is 2.27. The van der Waals surface area contributed by atoms with Crippen LogP contribution in [0.5, 0.6) is 0 Å². The number of hydrogen-bond acceptors (Lipinski definition) is 2. The van der Waals surface area contributed by atoms with E-state index in [0.29, 0.717) is 10.2 Å². The third kappa shape index (κ3) is 2.53. The van der Waals surface area contributed by atoms with Gasteiger partial charge in [0.1, 0.15) is 11.6 Å². The van der Waals surface area contributed by atoms with E-state index in [4.69, 9.17) is 5.73 Å². The summed E-state index contributed by atoms with van der Waals surface area (Å²) in [5.41, 5.74) is 9.05. The molecule has 0 saturated carbocycles. The van der Waals surface area contributed by atoms with Gasteiger partial charge in [0.15, 0.2) is 0 Å². The summed E-state index contributed by atoms with van der Waals surface area (Å²) < 4.78 is 16.3. The third-order valence-corrected chi connectivity index (χ3v) is 4.03. The van der Waals surface area contributed by atoms with Gasteiger partial charge < -0.3 is 5.73 Å². The van der Waals surface area contributed by atoms with Gasteiger partial charge in [0.2, 0.25) is 0 Å². The van der Waals surface area contributed by atoms with Crippen LogP contribution in [0.2, 0.25) is 0 Å². The molecule has 5 heteroatoms. The van der Waals surface area contributed by atoms with Crippen LogP contribution in [0.4, 0.5) is 10.1 Å². The monoisotopic (exact) mass is 347 g/mol. The normalized spacial score (nSPS) is 11.2. The largest absolute Gasteiger partial charge is 0.399 e. The first-order valence-electron chi connectivity index (χ1n) is 6.82. The Hall–Kier alpha value is -1.88. The number of hydrogen-bond donors (Lipinski definition) is 1. The van der Waals surface area contributed by atoms with Crippen LogP contribution < -0.4 is 5.73 Å². The molecule has 0 aliphatic carbocycles. The van der Waals surface area contributed by atoms with E-state index in [1.54, 1.807) is 6.07 Å². The van der Waals surface area contributed by atoms with Crippen molar-refractivity contribution in [2.45, 2.75) is 19.8 Å². The fourth-order valence-electron chi connectivity index (χ4n) is 2.45. The topological polar surface area (TPSA) is 43.8 Å². The minimum Gasteiger partial charge on any atom is -0.399 e. The second-order valence-electron chi connectivity index (χ2n) is 4.96. The number of nitrogen functional groups attached to an aromatic ring is 1. The molecule has 0 spiro atoms. The Bertz CT molecular complexity index is 811. The molecule has 21 heavy (non-hydrogen) atoms. The molecular weight excluding hydrogens is 333 g/mol. The van der Waals surface area contributed by atoms with Gasteiger partial charge in [-0.05, 0) is 58.7 Å². The molecule has 0 unspecified atom stereocenters. The number of benzene rings is 2. The van der Waals surface area contributed by atoms with E-state index in [-0.39, 0.29) is 5.82 Å². The number of aromatic nitrogens is 2. The minimum absolute atomic E-state index is 0.285. The van der Waals surface area contributed by atoms with E-state index < -0.39 is 0 Å². The summed E-state index contributed by atoms with van der Waals surface area (Å²) in [4.78, 5) is 4.64. The lowest BCUT2D eigenvalue weighted by molar-refractivity contribution is 0.619. The number of rotatable bonds is 3.